The van der Waals surface area contributed by atoms with E-state index in [4.69, 9.17) is 23.2 Å². The van der Waals surface area contributed by atoms with Crippen LogP contribution in [0.1, 0.15) is 37.6 Å². The molecule has 0 aliphatic rings. The first kappa shape index (κ1) is 15.9. The molecule has 0 saturated heterocycles. The predicted octanol–water partition coefficient (Wildman–Crippen LogP) is 5.38. The van der Waals surface area contributed by atoms with Crippen LogP contribution in [0.5, 0.6) is 0 Å². The fourth-order valence-corrected chi connectivity index (χ4v) is 3.13. The van der Waals surface area contributed by atoms with Crippen LogP contribution in [-0.4, -0.2) is 9.78 Å². The molecule has 0 saturated carbocycles. The van der Waals surface area contributed by atoms with Crippen molar-refractivity contribution >= 4 is 39.1 Å². The molecule has 5 heteroatoms. The topological polar surface area (TPSA) is 17.8 Å². The second-order valence-electron chi connectivity index (χ2n) is 5.79. The molecule has 0 atom stereocenters. The van der Waals surface area contributed by atoms with Crippen LogP contribution in [0.3, 0.4) is 0 Å². The van der Waals surface area contributed by atoms with Crippen LogP contribution in [0.15, 0.2) is 28.7 Å². The van der Waals surface area contributed by atoms with Crippen molar-refractivity contribution in [3.63, 3.8) is 0 Å². The van der Waals surface area contributed by atoms with E-state index in [0.29, 0.717) is 17.6 Å². The highest BCUT2D eigenvalue weighted by Crippen LogP contribution is 2.31. The lowest BCUT2D eigenvalue weighted by Crippen LogP contribution is -2.14. The summed E-state index contributed by atoms with van der Waals surface area (Å²) in [5.41, 5.74) is 2.96. The quantitative estimate of drug-likeness (QED) is 0.658. The number of hydrogen-bond donors (Lipinski definition) is 0. The summed E-state index contributed by atoms with van der Waals surface area (Å²) in [5, 5.41) is 5.29. The molecular weight excluding hydrogens is 359 g/mol. The number of halogens is 3. The molecule has 1 aromatic heterocycles. The van der Waals surface area contributed by atoms with Gasteiger partial charge in [0.05, 0.1) is 18.1 Å². The summed E-state index contributed by atoms with van der Waals surface area (Å²) in [6.45, 7) is 6.99. The van der Waals surface area contributed by atoms with Crippen molar-refractivity contribution in [1.29, 1.82) is 0 Å². The van der Waals surface area contributed by atoms with Crippen LogP contribution in [0.4, 0.5) is 0 Å². The number of aromatic nitrogens is 2. The highest BCUT2D eigenvalue weighted by atomic mass is 79.9. The molecule has 0 fully saturated rings. The Bertz CT molecular complexity index is 615. The normalized spacial score (nSPS) is 11.9. The van der Waals surface area contributed by atoms with Gasteiger partial charge in [-0.1, -0.05) is 60.4 Å². The molecule has 2 rings (SSSR count). The largest absolute Gasteiger partial charge is 0.249 e. The lowest BCUT2D eigenvalue weighted by atomic mass is 9.90. The second kappa shape index (κ2) is 6.08. The van der Waals surface area contributed by atoms with E-state index >= 15 is 0 Å². The first-order chi connectivity index (χ1) is 9.32. The lowest BCUT2D eigenvalue weighted by Gasteiger charge is -2.16. The summed E-state index contributed by atoms with van der Waals surface area (Å²) in [6.07, 6.45) is 0. The van der Waals surface area contributed by atoms with Gasteiger partial charge in [0.25, 0.3) is 0 Å². The number of benzene rings is 1. The van der Waals surface area contributed by atoms with Crippen molar-refractivity contribution < 1.29 is 0 Å². The van der Waals surface area contributed by atoms with Gasteiger partial charge in [0.2, 0.25) is 0 Å². The monoisotopic (exact) mass is 374 g/mol. The molecular formula is C15H17BrCl2N2. The maximum absolute atomic E-state index is 6.43. The van der Waals surface area contributed by atoms with Gasteiger partial charge < -0.3 is 0 Å². The van der Waals surface area contributed by atoms with Crippen molar-refractivity contribution in [3.05, 3.63) is 50.7 Å². The molecule has 0 bridgehead atoms. The van der Waals surface area contributed by atoms with Gasteiger partial charge in [-0.15, -0.1) is 11.6 Å². The Balaban J connectivity index is 2.41. The summed E-state index contributed by atoms with van der Waals surface area (Å²) >= 11 is 15.9. The zero-order valence-electron chi connectivity index (χ0n) is 11.8. The third-order valence-electron chi connectivity index (χ3n) is 3.05. The standard InChI is InChI=1S/C15H17BrCl2N2/c1-15(2,3)13-12(8-17)14(18)20(19-13)9-10-5-4-6-11(16)7-10/h4-7H,8-9H2,1-3H3. The highest BCUT2D eigenvalue weighted by molar-refractivity contribution is 9.10. The first-order valence-corrected chi connectivity index (χ1v) is 8.09. The molecule has 0 radical (unpaired) electrons. The number of alkyl halides is 1. The number of hydrogen-bond acceptors (Lipinski definition) is 1. The maximum Gasteiger partial charge on any atom is 0.132 e. The predicted molar refractivity (Wildman–Crippen MR) is 88.7 cm³/mol. The van der Waals surface area contributed by atoms with Crippen molar-refractivity contribution in [2.75, 3.05) is 0 Å². The summed E-state index contributed by atoms with van der Waals surface area (Å²) in [4.78, 5) is 0. The Kier molecular flexibility index (Phi) is 4.83. The van der Waals surface area contributed by atoms with E-state index in [1.807, 2.05) is 16.8 Å². The molecule has 2 nitrogen and oxygen atoms in total. The van der Waals surface area contributed by atoms with E-state index in [1.54, 1.807) is 0 Å². The lowest BCUT2D eigenvalue weighted by molar-refractivity contribution is 0.542. The SMILES string of the molecule is CC(C)(C)c1nn(Cc2cccc(Br)c2)c(Cl)c1CCl. The van der Waals surface area contributed by atoms with Crippen LogP contribution in [0.2, 0.25) is 5.15 Å². The summed E-state index contributed by atoms with van der Waals surface area (Å²) in [7, 11) is 0. The minimum atomic E-state index is -0.0730. The molecule has 0 spiro atoms. The van der Waals surface area contributed by atoms with E-state index in [2.05, 4.69) is 53.9 Å². The van der Waals surface area contributed by atoms with E-state index in [-0.39, 0.29) is 5.41 Å². The third-order valence-corrected chi connectivity index (χ3v) is 4.23. The van der Waals surface area contributed by atoms with Gasteiger partial charge in [-0.3, -0.25) is 0 Å². The zero-order chi connectivity index (χ0) is 14.9. The van der Waals surface area contributed by atoms with Crippen LogP contribution in [-0.2, 0) is 17.8 Å². The molecule has 1 heterocycles. The maximum atomic E-state index is 6.43. The zero-order valence-corrected chi connectivity index (χ0v) is 14.8. The average Bonchev–Trinajstić information content (AvgIpc) is 2.66. The Hall–Kier alpha value is -0.510. The van der Waals surface area contributed by atoms with E-state index in [9.17, 15) is 0 Å². The van der Waals surface area contributed by atoms with Crippen molar-refractivity contribution in [2.45, 2.75) is 38.6 Å². The van der Waals surface area contributed by atoms with Crippen LogP contribution in [0.25, 0.3) is 0 Å². The van der Waals surface area contributed by atoms with E-state index < -0.39 is 0 Å². The average molecular weight is 376 g/mol. The molecule has 0 amide bonds. The molecule has 2 aromatic rings. The molecule has 0 aliphatic heterocycles. The third kappa shape index (κ3) is 3.38. The second-order valence-corrected chi connectivity index (χ2v) is 7.33. The molecule has 0 N–H and O–H groups in total. The van der Waals surface area contributed by atoms with Gasteiger partial charge in [-0.2, -0.15) is 5.10 Å². The Labute approximate surface area is 138 Å². The van der Waals surface area contributed by atoms with E-state index in [1.165, 1.54) is 0 Å². The number of nitrogens with zero attached hydrogens (tertiary/aromatic N) is 2. The molecule has 0 aliphatic carbocycles. The van der Waals surface area contributed by atoms with Crippen molar-refractivity contribution in [3.8, 4) is 0 Å². The van der Waals surface area contributed by atoms with Crippen LogP contribution >= 0.6 is 39.1 Å². The molecule has 108 valence electrons. The van der Waals surface area contributed by atoms with Crippen LogP contribution < -0.4 is 0 Å². The highest BCUT2D eigenvalue weighted by Gasteiger charge is 2.25. The summed E-state index contributed by atoms with van der Waals surface area (Å²) in [5.74, 6) is 0.379. The Morgan fingerprint density at radius 2 is 2.00 bits per heavy atom. The number of rotatable bonds is 3. The van der Waals surface area contributed by atoms with Crippen LogP contribution in [0, 0.1) is 0 Å². The van der Waals surface area contributed by atoms with Gasteiger partial charge in [0.1, 0.15) is 5.15 Å². The molecule has 1 aromatic carbocycles. The van der Waals surface area contributed by atoms with Crippen molar-refractivity contribution in [1.82, 2.24) is 9.78 Å². The van der Waals surface area contributed by atoms with Gasteiger partial charge >= 0.3 is 0 Å². The van der Waals surface area contributed by atoms with Gasteiger partial charge in [-0.05, 0) is 17.7 Å². The first-order valence-electron chi connectivity index (χ1n) is 6.39. The molecule has 20 heavy (non-hydrogen) atoms. The smallest absolute Gasteiger partial charge is 0.132 e. The Morgan fingerprint density at radius 1 is 1.30 bits per heavy atom. The minimum absolute atomic E-state index is 0.0730. The summed E-state index contributed by atoms with van der Waals surface area (Å²) in [6, 6.07) is 8.12. The minimum Gasteiger partial charge on any atom is -0.249 e. The van der Waals surface area contributed by atoms with Gasteiger partial charge in [0.15, 0.2) is 0 Å². The van der Waals surface area contributed by atoms with Gasteiger partial charge in [0, 0.05) is 15.5 Å². The summed E-state index contributed by atoms with van der Waals surface area (Å²) < 4.78 is 2.87. The van der Waals surface area contributed by atoms with E-state index in [0.717, 1.165) is 21.3 Å². The Morgan fingerprint density at radius 3 is 2.50 bits per heavy atom. The molecule has 0 unspecified atom stereocenters. The fraction of sp³-hybridized carbons (Fsp3) is 0.400. The van der Waals surface area contributed by atoms with Crippen molar-refractivity contribution in [2.24, 2.45) is 0 Å². The van der Waals surface area contributed by atoms with Gasteiger partial charge in [-0.25, -0.2) is 4.68 Å². The fourth-order valence-electron chi connectivity index (χ4n) is 2.11.